The zero-order valence-electron chi connectivity index (χ0n) is 10.6. The summed E-state index contributed by atoms with van der Waals surface area (Å²) in [6.45, 7) is 7.37. The van der Waals surface area contributed by atoms with Crippen LogP contribution in [0.4, 0.5) is 5.69 Å². The van der Waals surface area contributed by atoms with Gasteiger partial charge in [0.25, 0.3) is 0 Å². The second-order valence-electron chi connectivity index (χ2n) is 4.39. The first kappa shape index (κ1) is 12.2. The van der Waals surface area contributed by atoms with Crippen LogP contribution in [0.5, 0.6) is 5.75 Å². The standard InChI is InChI=1S/C13H21N3O/c1-11-9-12(3-4-13(11)17-2)15-10-16-7-5-14-6-8-16/h3-4,9,14-15H,5-8,10H2,1-2H3. The first-order valence-corrected chi connectivity index (χ1v) is 6.11. The molecule has 1 heterocycles. The van der Waals surface area contributed by atoms with Crippen LogP contribution in [-0.4, -0.2) is 44.9 Å². The molecule has 1 aromatic carbocycles. The number of nitrogens with zero attached hydrogens (tertiary/aromatic N) is 1. The van der Waals surface area contributed by atoms with E-state index in [1.54, 1.807) is 7.11 Å². The molecular weight excluding hydrogens is 214 g/mol. The van der Waals surface area contributed by atoms with E-state index in [2.05, 4.69) is 34.6 Å². The fourth-order valence-electron chi connectivity index (χ4n) is 2.06. The summed E-state index contributed by atoms with van der Waals surface area (Å²) >= 11 is 0. The Labute approximate surface area is 103 Å². The lowest BCUT2D eigenvalue weighted by atomic mass is 10.2. The molecule has 0 atom stereocenters. The first-order valence-electron chi connectivity index (χ1n) is 6.11. The molecule has 0 unspecified atom stereocenters. The molecule has 0 bridgehead atoms. The third kappa shape index (κ3) is 3.35. The molecule has 0 saturated carbocycles. The van der Waals surface area contributed by atoms with E-state index in [0.717, 1.165) is 49.8 Å². The summed E-state index contributed by atoms with van der Waals surface area (Å²) in [5.74, 6) is 0.942. The molecule has 2 N–H and O–H groups in total. The normalized spacial score (nSPS) is 16.8. The molecule has 0 amide bonds. The van der Waals surface area contributed by atoms with Crippen molar-refractivity contribution in [3.05, 3.63) is 23.8 Å². The maximum Gasteiger partial charge on any atom is 0.121 e. The molecule has 2 rings (SSSR count). The van der Waals surface area contributed by atoms with Gasteiger partial charge in [-0.25, -0.2) is 0 Å². The van der Waals surface area contributed by atoms with Crippen molar-refractivity contribution in [3.63, 3.8) is 0 Å². The lowest BCUT2D eigenvalue weighted by molar-refractivity contribution is 0.256. The van der Waals surface area contributed by atoms with E-state index in [-0.39, 0.29) is 0 Å². The molecular formula is C13H21N3O. The summed E-state index contributed by atoms with van der Waals surface area (Å²) in [6.07, 6.45) is 0. The van der Waals surface area contributed by atoms with E-state index < -0.39 is 0 Å². The fourth-order valence-corrected chi connectivity index (χ4v) is 2.06. The van der Waals surface area contributed by atoms with Crippen LogP contribution in [0.3, 0.4) is 0 Å². The van der Waals surface area contributed by atoms with Crippen molar-refractivity contribution in [2.45, 2.75) is 6.92 Å². The highest BCUT2D eigenvalue weighted by Gasteiger charge is 2.08. The maximum absolute atomic E-state index is 5.25. The third-order valence-corrected chi connectivity index (χ3v) is 3.11. The largest absolute Gasteiger partial charge is 0.496 e. The van der Waals surface area contributed by atoms with Crippen LogP contribution in [0.1, 0.15) is 5.56 Å². The summed E-state index contributed by atoms with van der Waals surface area (Å²) in [5, 5.41) is 6.80. The predicted molar refractivity (Wildman–Crippen MR) is 70.7 cm³/mol. The zero-order chi connectivity index (χ0) is 12.1. The van der Waals surface area contributed by atoms with Crippen LogP contribution in [0.25, 0.3) is 0 Å². The van der Waals surface area contributed by atoms with Crippen molar-refractivity contribution in [1.29, 1.82) is 0 Å². The number of ether oxygens (including phenoxy) is 1. The van der Waals surface area contributed by atoms with Gasteiger partial charge >= 0.3 is 0 Å². The van der Waals surface area contributed by atoms with Gasteiger partial charge in [0.15, 0.2) is 0 Å². The number of piperazine rings is 1. The molecule has 1 aromatic rings. The number of hydrogen-bond acceptors (Lipinski definition) is 4. The molecule has 1 aliphatic heterocycles. The Kier molecular flexibility index (Phi) is 4.23. The topological polar surface area (TPSA) is 36.5 Å². The Morgan fingerprint density at radius 3 is 2.76 bits per heavy atom. The van der Waals surface area contributed by atoms with Gasteiger partial charge in [-0.2, -0.15) is 0 Å². The molecule has 4 heteroatoms. The van der Waals surface area contributed by atoms with Crippen molar-refractivity contribution in [2.75, 3.05) is 45.3 Å². The number of hydrogen-bond donors (Lipinski definition) is 2. The maximum atomic E-state index is 5.25. The summed E-state index contributed by atoms with van der Waals surface area (Å²) in [6, 6.07) is 6.20. The zero-order valence-corrected chi connectivity index (χ0v) is 10.6. The first-order chi connectivity index (χ1) is 8.29. The van der Waals surface area contributed by atoms with E-state index >= 15 is 0 Å². The average molecular weight is 235 g/mol. The van der Waals surface area contributed by atoms with Crippen molar-refractivity contribution < 1.29 is 4.74 Å². The van der Waals surface area contributed by atoms with E-state index in [1.165, 1.54) is 0 Å². The molecule has 0 radical (unpaired) electrons. The number of rotatable bonds is 4. The SMILES string of the molecule is COc1ccc(NCN2CCNCC2)cc1C. The Hall–Kier alpha value is -1.26. The van der Waals surface area contributed by atoms with Crippen molar-refractivity contribution >= 4 is 5.69 Å². The summed E-state index contributed by atoms with van der Waals surface area (Å²) in [7, 11) is 1.70. The van der Waals surface area contributed by atoms with Crippen LogP contribution < -0.4 is 15.4 Å². The van der Waals surface area contributed by atoms with Gasteiger partial charge in [0.05, 0.1) is 13.8 Å². The highest BCUT2D eigenvalue weighted by atomic mass is 16.5. The molecule has 1 saturated heterocycles. The predicted octanol–water partition coefficient (Wildman–Crippen LogP) is 1.28. The van der Waals surface area contributed by atoms with Gasteiger partial charge in [0.2, 0.25) is 0 Å². The Morgan fingerprint density at radius 1 is 1.35 bits per heavy atom. The van der Waals surface area contributed by atoms with E-state index in [0.29, 0.717) is 0 Å². The lowest BCUT2D eigenvalue weighted by Gasteiger charge is -2.27. The van der Waals surface area contributed by atoms with Gasteiger partial charge in [-0.05, 0) is 30.7 Å². The van der Waals surface area contributed by atoms with E-state index in [4.69, 9.17) is 4.74 Å². The fraction of sp³-hybridized carbons (Fsp3) is 0.538. The van der Waals surface area contributed by atoms with Crippen LogP contribution in [0, 0.1) is 6.92 Å². The van der Waals surface area contributed by atoms with Gasteiger partial charge in [-0.3, -0.25) is 4.90 Å². The van der Waals surface area contributed by atoms with Gasteiger partial charge in [-0.15, -0.1) is 0 Å². The molecule has 1 fully saturated rings. The summed E-state index contributed by atoms with van der Waals surface area (Å²) < 4.78 is 5.25. The van der Waals surface area contributed by atoms with Crippen LogP contribution in [-0.2, 0) is 0 Å². The minimum absolute atomic E-state index is 0.910. The summed E-state index contributed by atoms with van der Waals surface area (Å²) in [4.78, 5) is 2.41. The summed E-state index contributed by atoms with van der Waals surface area (Å²) in [5.41, 5.74) is 2.32. The van der Waals surface area contributed by atoms with Crippen LogP contribution in [0.2, 0.25) is 0 Å². The monoisotopic (exact) mass is 235 g/mol. The van der Waals surface area contributed by atoms with Gasteiger partial charge < -0.3 is 15.4 Å². The molecule has 0 aromatic heterocycles. The number of methoxy groups -OCH3 is 1. The molecule has 17 heavy (non-hydrogen) atoms. The molecule has 1 aliphatic rings. The van der Waals surface area contributed by atoms with Crippen LogP contribution >= 0.6 is 0 Å². The van der Waals surface area contributed by atoms with E-state index in [1.807, 2.05) is 6.07 Å². The van der Waals surface area contributed by atoms with Crippen molar-refractivity contribution in [3.8, 4) is 5.75 Å². The molecule has 94 valence electrons. The highest BCUT2D eigenvalue weighted by Crippen LogP contribution is 2.21. The number of benzene rings is 1. The number of nitrogens with one attached hydrogen (secondary N) is 2. The van der Waals surface area contributed by atoms with Gasteiger partial charge in [0.1, 0.15) is 5.75 Å². The second kappa shape index (κ2) is 5.89. The van der Waals surface area contributed by atoms with Crippen molar-refractivity contribution in [2.24, 2.45) is 0 Å². The van der Waals surface area contributed by atoms with E-state index in [9.17, 15) is 0 Å². The molecule has 0 spiro atoms. The highest BCUT2D eigenvalue weighted by molar-refractivity contribution is 5.50. The minimum Gasteiger partial charge on any atom is -0.496 e. The van der Waals surface area contributed by atoms with Gasteiger partial charge in [0, 0.05) is 31.9 Å². The number of aryl methyl sites for hydroxylation is 1. The Bertz CT molecular complexity index is 362. The average Bonchev–Trinajstić information content (AvgIpc) is 2.38. The lowest BCUT2D eigenvalue weighted by Crippen LogP contribution is -2.45. The molecule has 0 aliphatic carbocycles. The second-order valence-corrected chi connectivity index (χ2v) is 4.39. The van der Waals surface area contributed by atoms with Gasteiger partial charge in [-0.1, -0.05) is 0 Å². The Morgan fingerprint density at radius 2 is 2.12 bits per heavy atom. The smallest absolute Gasteiger partial charge is 0.121 e. The third-order valence-electron chi connectivity index (χ3n) is 3.11. The number of anilines is 1. The quantitative estimate of drug-likeness (QED) is 0.824. The Balaban J connectivity index is 1.87. The molecule has 4 nitrogen and oxygen atoms in total. The minimum atomic E-state index is 0.910. The van der Waals surface area contributed by atoms with Crippen LogP contribution in [0.15, 0.2) is 18.2 Å². The van der Waals surface area contributed by atoms with Crippen molar-refractivity contribution in [1.82, 2.24) is 10.2 Å².